The van der Waals surface area contributed by atoms with E-state index < -0.39 is 0 Å². The molecule has 1 unspecified atom stereocenters. The van der Waals surface area contributed by atoms with Crippen molar-refractivity contribution in [2.75, 3.05) is 29.9 Å². The third-order valence-electron chi connectivity index (χ3n) is 3.17. The van der Waals surface area contributed by atoms with E-state index in [0.717, 1.165) is 37.2 Å². The van der Waals surface area contributed by atoms with Crippen molar-refractivity contribution in [1.29, 1.82) is 0 Å². The fourth-order valence-corrected chi connectivity index (χ4v) is 2.15. The Bertz CT molecular complexity index is 340. The number of hydrogen-bond donors (Lipinski definition) is 1. The van der Waals surface area contributed by atoms with Gasteiger partial charge in [-0.25, -0.2) is 4.98 Å². The van der Waals surface area contributed by atoms with Crippen molar-refractivity contribution in [3.8, 4) is 0 Å². The largest absolute Gasteiger partial charge is 0.369 e. The van der Waals surface area contributed by atoms with Crippen LogP contribution in [0.15, 0.2) is 12.4 Å². The normalized spacial score (nSPS) is 20.1. The molecule has 0 radical (unpaired) electrons. The fraction of sp³-hybridized carbons (Fsp3) is 0.667. The first kappa shape index (κ1) is 11.2. The van der Waals surface area contributed by atoms with Crippen molar-refractivity contribution in [2.24, 2.45) is 5.92 Å². The first-order chi connectivity index (χ1) is 7.83. The molecular weight excluding hydrogens is 200 g/mol. The Kier molecular flexibility index (Phi) is 3.59. The van der Waals surface area contributed by atoms with Gasteiger partial charge in [0.15, 0.2) is 0 Å². The van der Waals surface area contributed by atoms with Crippen molar-refractivity contribution >= 4 is 11.6 Å². The van der Waals surface area contributed by atoms with Crippen LogP contribution in [-0.4, -0.2) is 29.6 Å². The molecule has 1 fully saturated rings. The second kappa shape index (κ2) is 5.14. The molecule has 16 heavy (non-hydrogen) atoms. The Balaban J connectivity index is 2.06. The summed E-state index contributed by atoms with van der Waals surface area (Å²) in [5.41, 5.74) is 0. The van der Waals surface area contributed by atoms with Crippen molar-refractivity contribution < 1.29 is 0 Å². The second-order valence-corrected chi connectivity index (χ2v) is 4.30. The molecule has 1 atom stereocenters. The van der Waals surface area contributed by atoms with Gasteiger partial charge in [-0.1, -0.05) is 13.3 Å². The van der Waals surface area contributed by atoms with E-state index in [2.05, 4.69) is 34.0 Å². The van der Waals surface area contributed by atoms with Crippen LogP contribution in [0.4, 0.5) is 11.6 Å². The minimum atomic E-state index is 0.824. The van der Waals surface area contributed by atoms with Crippen LogP contribution >= 0.6 is 0 Å². The molecule has 4 nitrogen and oxygen atoms in total. The lowest BCUT2D eigenvalue weighted by Crippen LogP contribution is -2.21. The van der Waals surface area contributed by atoms with Gasteiger partial charge in [0, 0.05) is 19.6 Å². The quantitative estimate of drug-likeness (QED) is 0.844. The third-order valence-corrected chi connectivity index (χ3v) is 3.17. The number of rotatable bonds is 4. The summed E-state index contributed by atoms with van der Waals surface area (Å²) in [7, 11) is 0. The summed E-state index contributed by atoms with van der Waals surface area (Å²) in [6, 6.07) is 0. The van der Waals surface area contributed by atoms with E-state index in [1.165, 1.54) is 12.8 Å². The number of nitrogens with one attached hydrogen (secondary N) is 1. The highest BCUT2D eigenvalue weighted by molar-refractivity contribution is 5.44. The standard InChI is InChI=1S/C12H20N4/c1-3-10-5-6-16(9-10)12-8-13-7-11(15-12)14-4-2/h7-8,10H,3-6,9H2,1-2H3,(H,14,15). The van der Waals surface area contributed by atoms with Crippen LogP contribution in [0.2, 0.25) is 0 Å². The SMILES string of the molecule is CCNc1cncc(N2CCC(CC)C2)n1. The molecule has 88 valence electrons. The summed E-state index contributed by atoms with van der Waals surface area (Å²) in [6.07, 6.45) is 6.18. The summed E-state index contributed by atoms with van der Waals surface area (Å²) in [5.74, 6) is 2.71. The first-order valence-corrected chi connectivity index (χ1v) is 6.14. The van der Waals surface area contributed by atoms with Gasteiger partial charge in [0.2, 0.25) is 0 Å². The van der Waals surface area contributed by atoms with Gasteiger partial charge in [-0.05, 0) is 19.3 Å². The highest BCUT2D eigenvalue weighted by Crippen LogP contribution is 2.24. The smallest absolute Gasteiger partial charge is 0.149 e. The van der Waals surface area contributed by atoms with Gasteiger partial charge in [0.05, 0.1) is 12.4 Å². The molecule has 4 heteroatoms. The van der Waals surface area contributed by atoms with E-state index in [1.54, 1.807) is 6.20 Å². The average Bonchev–Trinajstić information content (AvgIpc) is 2.78. The highest BCUT2D eigenvalue weighted by atomic mass is 15.2. The molecule has 1 saturated heterocycles. The Morgan fingerprint density at radius 2 is 2.31 bits per heavy atom. The van der Waals surface area contributed by atoms with Crippen molar-refractivity contribution in [3.05, 3.63) is 12.4 Å². The maximum Gasteiger partial charge on any atom is 0.149 e. The molecule has 0 bridgehead atoms. The maximum atomic E-state index is 4.57. The van der Waals surface area contributed by atoms with Gasteiger partial charge in [-0.15, -0.1) is 0 Å². The Labute approximate surface area is 97.1 Å². The summed E-state index contributed by atoms with van der Waals surface area (Å²) >= 11 is 0. The maximum absolute atomic E-state index is 4.57. The van der Waals surface area contributed by atoms with Gasteiger partial charge < -0.3 is 10.2 Å². The molecule has 1 aliphatic rings. The average molecular weight is 220 g/mol. The molecule has 0 saturated carbocycles. The third kappa shape index (κ3) is 2.43. The Hall–Kier alpha value is -1.32. The predicted octanol–water partition coefficient (Wildman–Crippen LogP) is 2.14. The van der Waals surface area contributed by atoms with Gasteiger partial charge in [0.1, 0.15) is 11.6 Å². The Morgan fingerprint density at radius 1 is 1.44 bits per heavy atom. The van der Waals surface area contributed by atoms with Gasteiger partial charge in [0.25, 0.3) is 0 Å². The summed E-state index contributed by atoms with van der Waals surface area (Å²) in [6.45, 7) is 7.45. The molecule has 0 aromatic carbocycles. The van der Waals surface area contributed by atoms with E-state index >= 15 is 0 Å². The zero-order valence-electron chi connectivity index (χ0n) is 10.1. The van der Waals surface area contributed by atoms with Crippen LogP contribution in [0.25, 0.3) is 0 Å². The number of nitrogens with zero attached hydrogens (tertiary/aromatic N) is 3. The summed E-state index contributed by atoms with van der Waals surface area (Å²) < 4.78 is 0. The zero-order valence-corrected chi connectivity index (χ0v) is 10.1. The fourth-order valence-electron chi connectivity index (χ4n) is 2.15. The van der Waals surface area contributed by atoms with Crippen molar-refractivity contribution in [3.63, 3.8) is 0 Å². The number of anilines is 2. The monoisotopic (exact) mass is 220 g/mol. The molecule has 0 aliphatic carbocycles. The summed E-state index contributed by atoms with van der Waals surface area (Å²) in [4.78, 5) is 11.1. The lowest BCUT2D eigenvalue weighted by molar-refractivity contribution is 0.568. The van der Waals surface area contributed by atoms with Crippen molar-refractivity contribution in [2.45, 2.75) is 26.7 Å². The first-order valence-electron chi connectivity index (χ1n) is 6.14. The van der Waals surface area contributed by atoms with Crippen LogP contribution in [0, 0.1) is 5.92 Å². The van der Waals surface area contributed by atoms with Gasteiger partial charge >= 0.3 is 0 Å². The van der Waals surface area contributed by atoms with E-state index in [1.807, 2.05) is 6.20 Å². The van der Waals surface area contributed by atoms with E-state index in [4.69, 9.17) is 0 Å². The topological polar surface area (TPSA) is 41.1 Å². The number of aromatic nitrogens is 2. The molecule has 0 spiro atoms. The predicted molar refractivity (Wildman–Crippen MR) is 66.8 cm³/mol. The molecular formula is C12H20N4. The van der Waals surface area contributed by atoms with Crippen LogP contribution in [-0.2, 0) is 0 Å². The highest BCUT2D eigenvalue weighted by Gasteiger charge is 2.22. The van der Waals surface area contributed by atoms with Crippen LogP contribution in [0.1, 0.15) is 26.7 Å². The zero-order chi connectivity index (χ0) is 11.4. The van der Waals surface area contributed by atoms with Crippen molar-refractivity contribution in [1.82, 2.24) is 9.97 Å². The second-order valence-electron chi connectivity index (χ2n) is 4.30. The van der Waals surface area contributed by atoms with E-state index in [0.29, 0.717) is 0 Å². The van der Waals surface area contributed by atoms with Crippen LogP contribution in [0.3, 0.4) is 0 Å². The minimum Gasteiger partial charge on any atom is -0.369 e. The van der Waals surface area contributed by atoms with E-state index in [-0.39, 0.29) is 0 Å². The molecule has 1 aromatic rings. The van der Waals surface area contributed by atoms with E-state index in [9.17, 15) is 0 Å². The molecule has 1 aliphatic heterocycles. The molecule has 1 N–H and O–H groups in total. The lowest BCUT2D eigenvalue weighted by Gasteiger charge is -2.17. The van der Waals surface area contributed by atoms with Gasteiger partial charge in [-0.3, -0.25) is 4.98 Å². The molecule has 2 rings (SSSR count). The van der Waals surface area contributed by atoms with Crippen LogP contribution < -0.4 is 10.2 Å². The summed E-state index contributed by atoms with van der Waals surface area (Å²) in [5, 5.41) is 3.20. The van der Waals surface area contributed by atoms with Crippen LogP contribution in [0.5, 0.6) is 0 Å². The van der Waals surface area contributed by atoms with Gasteiger partial charge in [-0.2, -0.15) is 0 Å². The number of hydrogen-bond acceptors (Lipinski definition) is 4. The molecule has 2 heterocycles. The lowest BCUT2D eigenvalue weighted by atomic mass is 10.1. The molecule has 1 aromatic heterocycles. The molecule has 0 amide bonds. The Morgan fingerprint density at radius 3 is 3.00 bits per heavy atom. The minimum absolute atomic E-state index is 0.824.